The van der Waals surface area contributed by atoms with Gasteiger partial charge in [-0.3, -0.25) is 0 Å². The molecular weight excluding hydrogens is 174 g/mol. The third kappa shape index (κ3) is 1.62. The van der Waals surface area contributed by atoms with E-state index in [1.807, 2.05) is 0 Å². The highest BCUT2D eigenvalue weighted by Gasteiger charge is 2.22. The Morgan fingerprint density at radius 3 is 2.93 bits per heavy atom. The van der Waals surface area contributed by atoms with Crippen LogP contribution in [-0.2, 0) is 13.1 Å². The maximum atomic E-state index is 5.73. The van der Waals surface area contributed by atoms with Crippen molar-refractivity contribution < 1.29 is 4.74 Å². The second-order valence-corrected chi connectivity index (χ2v) is 4.29. The molecule has 0 unspecified atom stereocenters. The molecule has 0 spiro atoms. The van der Waals surface area contributed by atoms with Gasteiger partial charge in [0.05, 0.1) is 6.61 Å². The maximum Gasteiger partial charge on any atom is 0.119 e. The molecule has 2 aliphatic rings. The van der Waals surface area contributed by atoms with Gasteiger partial charge in [-0.25, -0.2) is 0 Å². The van der Waals surface area contributed by atoms with E-state index in [0.29, 0.717) is 0 Å². The Labute approximate surface area is 84.3 Å². The lowest BCUT2D eigenvalue weighted by Gasteiger charge is -2.06. The molecule has 1 fully saturated rings. The summed E-state index contributed by atoms with van der Waals surface area (Å²) in [6, 6.07) is 6.45. The van der Waals surface area contributed by atoms with E-state index in [1.54, 1.807) is 0 Å². The Balaban J connectivity index is 1.71. The molecule has 0 aromatic heterocycles. The van der Waals surface area contributed by atoms with Crippen molar-refractivity contribution in [3.05, 3.63) is 29.3 Å². The van der Waals surface area contributed by atoms with Crippen LogP contribution >= 0.6 is 0 Å². The average Bonchev–Trinajstić information content (AvgIpc) is 2.92. The van der Waals surface area contributed by atoms with Crippen LogP contribution in [0.15, 0.2) is 18.2 Å². The molecule has 1 saturated carbocycles. The quantitative estimate of drug-likeness (QED) is 0.786. The topological polar surface area (TPSA) is 21.3 Å². The van der Waals surface area contributed by atoms with Gasteiger partial charge in [-0.2, -0.15) is 0 Å². The van der Waals surface area contributed by atoms with E-state index in [2.05, 4.69) is 23.5 Å². The fraction of sp³-hybridized carbons (Fsp3) is 0.500. The SMILES string of the molecule is c1cc2c(cc1OCC1CC1)CNC2. The molecule has 2 nitrogen and oxygen atoms in total. The number of ether oxygens (including phenoxy) is 1. The maximum absolute atomic E-state index is 5.73. The zero-order valence-electron chi connectivity index (χ0n) is 8.25. The largest absolute Gasteiger partial charge is 0.493 e. The van der Waals surface area contributed by atoms with Gasteiger partial charge in [0.25, 0.3) is 0 Å². The van der Waals surface area contributed by atoms with Crippen LogP contribution in [0.5, 0.6) is 5.75 Å². The highest BCUT2D eigenvalue weighted by atomic mass is 16.5. The van der Waals surface area contributed by atoms with Crippen LogP contribution in [0.1, 0.15) is 24.0 Å². The first-order valence-corrected chi connectivity index (χ1v) is 5.37. The van der Waals surface area contributed by atoms with Crippen molar-refractivity contribution in [3.63, 3.8) is 0 Å². The highest BCUT2D eigenvalue weighted by Crippen LogP contribution is 2.30. The summed E-state index contributed by atoms with van der Waals surface area (Å²) >= 11 is 0. The molecule has 1 heterocycles. The van der Waals surface area contributed by atoms with Gasteiger partial charge in [0.2, 0.25) is 0 Å². The van der Waals surface area contributed by atoms with Gasteiger partial charge in [0.15, 0.2) is 0 Å². The molecule has 0 saturated heterocycles. The Morgan fingerprint density at radius 2 is 2.07 bits per heavy atom. The number of nitrogens with one attached hydrogen (secondary N) is 1. The summed E-state index contributed by atoms with van der Waals surface area (Å²) < 4.78 is 5.73. The van der Waals surface area contributed by atoms with Crippen LogP contribution in [0.3, 0.4) is 0 Å². The van der Waals surface area contributed by atoms with E-state index in [4.69, 9.17) is 4.74 Å². The second kappa shape index (κ2) is 3.28. The van der Waals surface area contributed by atoms with Crippen molar-refractivity contribution in [1.29, 1.82) is 0 Å². The monoisotopic (exact) mass is 189 g/mol. The van der Waals surface area contributed by atoms with Gasteiger partial charge in [-0.05, 0) is 42.0 Å². The van der Waals surface area contributed by atoms with E-state index in [9.17, 15) is 0 Å². The number of benzene rings is 1. The highest BCUT2D eigenvalue weighted by molar-refractivity contribution is 5.37. The summed E-state index contributed by atoms with van der Waals surface area (Å²) in [7, 11) is 0. The smallest absolute Gasteiger partial charge is 0.119 e. The molecule has 1 aromatic rings. The van der Waals surface area contributed by atoms with Gasteiger partial charge in [0.1, 0.15) is 5.75 Å². The van der Waals surface area contributed by atoms with Gasteiger partial charge in [-0.15, -0.1) is 0 Å². The lowest BCUT2D eigenvalue weighted by molar-refractivity contribution is 0.299. The summed E-state index contributed by atoms with van der Waals surface area (Å²) in [5, 5.41) is 3.34. The van der Waals surface area contributed by atoms with E-state index >= 15 is 0 Å². The minimum Gasteiger partial charge on any atom is -0.493 e. The van der Waals surface area contributed by atoms with Gasteiger partial charge in [-0.1, -0.05) is 6.07 Å². The van der Waals surface area contributed by atoms with Crippen molar-refractivity contribution in [2.45, 2.75) is 25.9 Å². The average molecular weight is 189 g/mol. The minimum absolute atomic E-state index is 0.835. The Hall–Kier alpha value is -1.02. The number of hydrogen-bond donors (Lipinski definition) is 1. The standard InChI is InChI=1S/C12H15NO/c1-2-9(1)8-14-12-4-3-10-6-13-7-11(10)5-12/h3-5,9,13H,1-2,6-8H2. The lowest BCUT2D eigenvalue weighted by Crippen LogP contribution is -2.00. The minimum atomic E-state index is 0.835. The first-order chi connectivity index (χ1) is 6.92. The third-order valence-electron chi connectivity index (χ3n) is 2.99. The molecule has 1 aliphatic carbocycles. The molecule has 74 valence electrons. The van der Waals surface area contributed by atoms with E-state index in [1.165, 1.54) is 24.0 Å². The number of fused-ring (bicyclic) bond motifs is 1. The molecule has 0 radical (unpaired) electrons. The van der Waals surface area contributed by atoms with Crippen molar-refractivity contribution in [3.8, 4) is 5.75 Å². The van der Waals surface area contributed by atoms with Crippen LogP contribution in [0, 0.1) is 5.92 Å². The lowest BCUT2D eigenvalue weighted by atomic mass is 10.1. The van der Waals surface area contributed by atoms with Crippen molar-refractivity contribution in [2.24, 2.45) is 5.92 Å². The Kier molecular flexibility index (Phi) is 1.95. The number of rotatable bonds is 3. The molecule has 1 N–H and O–H groups in total. The first kappa shape index (κ1) is 8.30. The van der Waals surface area contributed by atoms with Gasteiger partial charge in [0, 0.05) is 13.1 Å². The predicted octanol–water partition coefficient (Wildman–Crippen LogP) is 2.08. The summed E-state index contributed by atoms with van der Waals surface area (Å²) in [4.78, 5) is 0. The zero-order valence-corrected chi connectivity index (χ0v) is 8.25. The Morgan fingerprint density at radius 1 is 1.21 bits per heavy atom. The Bertz CT molecular complexity index is 344. The first-order valence-electron chi connectivity index (χ1n) is 5.37. The van der Waals surface area contributed by atoms with Crippen LogP contribution < -0.4 is 10.1 Å². The second-order valence-electron chi connectivity index (χ2n) is 4.29. The molecule has 14 heavy (non-hydrogen) atoms. The van der Waals surface area contributed by atoms with Crippen LogP contribution in [0.25, 0.3) is 0 Å². The molecule has 0 atom stereocenters. The molecule has 1 aromatic carbocycles. The molecule has 0 bridgehead atoms. The van der Waals surface area contributed by atoms with Crippen molar-refractivity contribution in [2.75, 3.05) is 6.61 Å². The van der Waals surface area contributed by atoms with Crippen molar-refractivity contribution in [1.82, 2.24) is 5.32 Å². The molecule has 3 rings (SSSR count). The van der Waals surface area contributed by atoms with Gasteiger partial charge < -0.3 is 10.1 Å². The molecule has 0 amide bonds. The fourth-order valence-electron chi connectivity index (χ4n) is 1.86. The predicted molar refractivity (Wildman–Crippen MR) is 55.2 cm³/mol. The van der Waals surface area contributed by atoms with Crippen molar-refractivity contribution >= 4 is 0 Å². The summed E-state index contributed by atoms with van der Waals surface area (Å²) in [5.41, 5.74) is 2.82. The zero-order chi connectivity index (χ0) is 9.38. The summed E-state index contributed by atoms with van der Waals surface area (Å²) in [6.45, 7) is 2.92. The molecule has 1 aliphatic heterocycles. The fourth-order valence-corrected chi connectivity index (χ4v) is 1.86. The number of hydrogen-bond acceptors (Lipinski definition) is 2. The molecular formula is C12H15NO. The van der Waals surface area contributed by atoms with E-state index in [0.717, 1.165) is 31.4 Å². The van der Waals surface area contributed by atoms with Crippen LogP contribution in [0.4, 0.5) is 0 Å². The normalized spacial score (nSPS) is 19.4. The van der Waals surface area contributed by atoms with Crippen LogP contribution in [0.2, 0.25) is 0 Å². The third-order valence-corrected chi connectivity index (χ3v) is 2.99. The van der Waals surface area contributed by atoms with Crippen LogP contribution in [-0.4, -0.2) is 6.61 Å². The van der Waals surface area contributed by atoms with E-state index < -0.39 is 0 Å². The molecule has 2 heteroatoms. The van der Waals surface area contributed by atoms with Gasteiger partial charge >= 0.3 is 0 Å². The summed E-state index contributed by atoms with van der Waals surface area (Å²) in [5.74, 6) is 1.88. The summed E-state index contributed by atoms with van der Waals surface area (Å²) in [6.07, 6.45) is 2.71. The van der Waals surface area contributed by atoms with E-state index in [-0.39, 0.29) is 0 Å².